The quantitative estimate of drug-likeness (QED) is 0.675. The molecule has 0 heterocycles. The van der Waals surface area contributed by atoms with E-state index in [2.05, 4.69) is 0 Å². The molecule has 0 radical (unpaired) electrons. The van der Waals surface area contributed by atoms with Crippen LogP contribution >= 0.6 is 0 Å². The second kappa shape index (κ2) is 4.92. The topological polar surface area (TPSA) is 37.3 Å². The van der Waals surface area contributed by atoms with Crippen LogP contribution in [0.1, 0.15) is 10.4 Å². The van der Waals surface area contributed by atoms with Gasteiger partial charge in [-0.3, -0.25) is 0 Å². The van der Waals surface area contributed by atoms with Crippen LogP contribution in [0.15, 0.2) is 24.3 Å². The van der Waals surface area contributed by atoms with Crippen molar-refractivity contribution in [3.63, 3.8) is 0 Å². The molecule has 20 heavy (non-hydrogen) atoms. The molecule has 0 aliphatic carbocycles. The average molecular weight is 288 g/mol. The van der Waals surface area contributed by atoms with Crippen molar-refractivity contribution in [2.24, 2.45) is 0 Å². The van der Waals surface area contributed by atoms with Crippen molar-refractivity contribution >= 4 is 5.97 Å². The lowest BCUT2D eigenvalue weighted by molar-refractivity contribution is 0.0683. The highest BCUT2D eigenvalue weighted by molar-refractivity contribution is 5.89. The number of halogens is 5. The second-order valence-electron chi connectivity index (χ2n) is 3.79. The Balaban J connectivity index is 2.87. The van der Waals surface area contributed by atoms with Crippen molar-refractivity contribution in [1.82, 2.24) is 0 Å². The Morgan fingerprint density at radius 3 is 1.80 bits per heavy atom. The monoisotopic (exact) mass is 288 g/mol. The summed E-state index contributed by atoms with van der Waals surface area (Å²) in [5.74, 6) is -11.4. The molecule has 0 saturated carbocycles. The Labute approximate surface area is 109 Å². The van der Waals surface area contributed by atoms with Crippen molar-refractivity contribution in [3.8, 4) is 11.1 Å². The van der Waals surface area contributed by atoms with E-state index < -0.39 is 51.7 Å². The number of benzene rings is 2. The van der Waals surface area contributed by atoms with Crippen LogP contribution in [0.25, 0.3) is 11.1 Å². The average Bonchev–Trinajstić information content (AvgIpc) is 2.39. The van der Waals surface area contributed by atoms with Crippen molar-refractivity contribution < 1.29 is 31.9 Å². The van der Waals surface area contributed by atoms with E-state index in [1.807, 2.05) is 0 Å². The summed E-state index contributed by atoms with van der Waals surface area (Å²) >= 11 is 0. The minimum atomic E-state index is -2.17. The molecule has 0 spiro atoms. The maximum atomic E-state index is 13.7. The summed E-state index contributed by atoms with van der Waals surface area (Å²) in [5.41, 5.74) is -3.76. The van der Waals surface area contributed by atoms with Gasteiger partial charge in [0.05, 0.1) is 5.56 Å². The first-order valence-electron chi connectivity index (χ1n) is 5.20. The standard InChI is InChI=1S/C13H5F5O2/c14-6-4-2-1-3-5(6)7-9(15)11(17)8(13(19)20)12(18)10(7)16/h1-4H,(H,19,20). The SMILES string of the molecule is O=C(O)c1c(F)c(F)c(-c2ccccc2F)c(F)c1F. The molecule has 1 N–H and O–H groups in total. The lowest BCUT2D eigenvalue weighted by Gasteiger charge is -2.10. The molecule has 2 aromatic rings. The first-order valence-corrected chi connectivity index (χ1v) is 5.20. The fourth-order valence-electron chi connectivity index (χ4n) is 1.72. The zero-order valence-electron chi connectivity index (χ0n) is 9.55. The van der Waals surface area contributed by atoms with Crippen LogP contribution < -0.4 is 0 Å². The van der Waals surface area contributed by atoms with Crippen molar-refractivity contribution in [2.45, 2.75) is 0 Å². The normalized spacial score (nSPS) is 10.7. The van der Waals surface area contributed by atoms with Crippen molar-refractivity contribution in [3.05, 3.63) is 58.9 Å². The number of carbonyl (C=O) groups is 1. The molecule has 2 aromatic carbocycles. The van der Waals surface area contributed by atoms with Crippen LogP contribution in [0.2, 0.25) is 0 Å². The molecular formula is C13H5F5O2. The summed E-state index contributed by atoms with van der Waals surface area (Å²) in [4.78, 5) is 10.6. The number of hydrogen-bond acceptors (Lipinski definition) is 1. The Kier molecular flexibility index (Phi) is 3.44. The van der Waals surface area contributed by atoms with Gasteiger partial charge in [-0.15, -0.1) is 0 Å². The number of rotatable bonds is 2. The second-order valence-corrected chi connectivity index (χ2v) is 3.79. The Morgan fingerprint density at radius 2 is 1.35 bits per heavy atom. The Hall–Kier alpha value is -2.44. The van der Waals surface area contributed by atoms with Gasteiger partial charge in [-0.1, -0.05) is 18.2 Å². The van der Waals surface area contributed by atoms with Crippen LogP contribution in [0.4, 0.5) is 22.0 Å². The molecule has 0 aliphatic rings. The largest absolute Gasteiger partial charge is 0.477 e. The maximum Gasteiger partial charge on any atom is 0.341 e. The summed E-state index contributed by atoms with van der Waals surface area (Å²) < 4.78 is 67.9. The number of carboxylic acids is 1. The van der Waals surface area contributed by atoms with Gasteiger partial charge in [0.1, 0.15) is 11.4 Å². The molecule has 2 nitrogen and oxygen atoms in total. The van der Waals surface area contributed by atoms with Gasteiger partial charge in [0.2, 0.25) is 0 Å². The summed E-state index contributed by atoms with van der Waals surface area (Å²) in [6.45, 7) is 0. The number of aromatic carboxylic acids is 1. The summed E-state index contributed by atoms with van der Waals surface area (Å²) in [5, 5.41) is 8.52. The third kappa shape index (κ3) is 2.01. The first-order chi connectivity index (χ1) is 9.36. The van der Waals surface area contributed by atoms with Gasteiger partial charge in [-0.25, -0.2) is 26.7 Å². The number of carboxylic acid groups (broad SMARTS) is 1. The first kappa shape index (κ1) is 14.0. The molecule has 0 saturated heterocycles. The van der Waals surface area contributed by atoms with Crippen LogP contribution in [0, 0.1) is 29.1 Å². The van der Waals surface area contributed by atoms with E-state index in [9.17, 15) is 26.7 Å². The van der Waals surface area contributed by atoms with E-state index in [1.54, 1.807) is 0 Å². The minimum absolute atomic E-state index is 0.711. The Bertz CT molecular complexity index is 683. The van der Waals surface area contributed by atoms with Crippen LogP contribution in [0.3, 0.4) is 0 Å². The molecule has 7 heteroatoms. The summed E-state index contributed by atoms with van der Waals surface area (Å²) in [7, 11) is 0. The predicted molar refractivity (Wildman–Crippen MR) is 58.6 cm³/mol. The lowest BCUT2D eigenvalue weighted by Crippen LogP contribution is -2.11. The molecular weight excluding hydrogens is 283 g/mol. The molecule has 0 aliphatic heterocycles. The van der Waals surface area contributed by atoms with Crippen LogP contribution in [-0.2, 0) is 0 Å². The van der Waals surface area contributed by atoms with Gasteiger partial charge in [0.25, 0.3) is 0 Å². The van der Waals surface area contributed by atoms with E-state index in [-0.39, 0.29) is 0 Å². The van der Waals surface area contributed by atoms with Gasteiger partial charge in [0.15, 0.2) is 23.3 Å². The van der Waals surface area contributed by atoms with Gasteiger partial charge in [-0.2, -0.15) is 0 Å². The molecule has 0 aromatic heterocycles. The highest BCUT2D eigenvalue weighted by Crippen LogP contribution is 2.33. The molecule has 0 unspecified atom stereocenters. The molecule has 2 rings (SSSR count). The highest BCUT2D eigenvalue weighted by atomic mass is 19.2. The smallest absolute Gasteiger partial charge is 0.341 e. The van der Waals surface area contributed by atoms with Crippen molar-refractivity contribution in [2.75, 3.05) is 0 Å². The van der Waals surface area contributed by atoms with Crippen LogP contribution in [0.5, 0.6) is 0 Å². The summed E-state index contributed by atoms with van der Waals surface area (Å²) in [6, 6.07) is 4.18. The predicted octanol–water partition coefficient (Wildman–Crippen LogP) is 3.75. The Morgan fingerprint density at radius 1 is 0.850 bits per heavy atom. The molecule has 0 amide bonds. The van der Waals surface area contributed by atoms with E-state index >= 15 is 0 Å². The zero-order valence-corrected chi connectivity index (χ0v) is 9.55. The zero-order chi connectivity index (χ0) is 15.0. The van der Waals surface area contributed by atoms with E-state index in [0.29, 0.717) is 0 Å². The third-order valence-corrected chi connectivity index (χ3v) is 2.62. The summed E-state index contributed by atoms with van der Waals surface area (Å²) in [6.07, 6.45) is 0. The molecule has 0 fully saturated rings. The minimum Gasteiger partial charge on any atom is -0.477 e. The van der Waals surface area contributed by atoms with Gasteiger partial charge in [-0.05, 0) is 6.07 Å². The van der Waals surface area contributed by atoms with E-state index in [0.717, 1.165) is 12.1 Å². The molecule has 0 bridgehead atoms. The van der Waals surface area contributed by atoms with Gasteiger partial charge in [0, 0.05) is 5.56 Å². The number of hydrogen-bond donors (Lipinski definition) is 1. The fourth-order valence-corrected chi connectivity index (χ4v) is 1.72. The van der Waals surface area contributed by atoms with Crippen molar-refractivity contribution in [1.29, 1.82) is 0 Å². The van der Waals surface area contributed by atoms with E-state index in [1.165, 1.54) is 12.1 Å². The molecule has 0 atom stereocenters. The lowest BCUT2D eigenvalue weighted by atomic mass is 10.0. The fraction of sp³-hybridized carbons (Fsp3) is 0. The highest BCUT2D eigenvalue weighted by Gasteiger charge is 2.30. The van der Waals surface area contributed by atoms with Gasteiger partial charge >= 0.3 is 5.97 Å². The molecule has 104 valence electrons. The van der Waals surface area contributed by atoms with E-state index in [4.69, 9.17) is 5.11 Å². The van der Waals surface area contributed by atoms with Crippen LogP contribution in [-0.4, -0.2) is 11.1 Å². The van der Waals surface area contributed by atoms with Gasteiger partial charge < -0.3 is 5.11 Å². The maximum absolute atomic E-state index is 13.7. The third-order valence-electron chi connectivity index (χ3n) is 2.62.